The van der Waals surface area contributed by atoms with Gasteiger partial charge in [0.2, 0.25) is 15.9 Å². The average molecular weight is 431 g/mol. The third-order valence-electron chi connectivity index (χ3n) is 4.70. The summed E-state index contributed by atoms with van der Waals surface area (Å²) in [4.78, 5) is 12.6. The Morgan fingerprint density at radius 2 is 2.08 bits per heavy atom. The van der Waals surface area contributed by atoms with Crippen LogP contribution in [0.2, 0.25) is 0 Å². The Balaban J connectivity index is 2.19. The van der Waals surface area contributed by atoms with E-state index in [9.17, 15) is 13.2 Å². The number of unbranched alkanes of at least 4 members (excludes halogenated alkanes) is 1. The molecule has 2 atom stereocenters. The number of hydrogen-bond acceptors (Lipinski definition) is 3. The number of amides is 1. The van der Waals surface area contributed by atoms with Gasteiger partial charge in [0.25, 0.3) is 0 Å². The van der Waals surface area contributed by atoms with E-state index in [0.29, 0.717) is 17.4 Å². The minimum atomic E-state index is -3.64. The van der Waals surface area contributed by atoms with Gasteiger partial charge in [-0.15, -0.1) is 0 Å². The summed E-state index contributed by atoms with van der Waals surface area (Å²) in [5.41, 5.74) is 0.991. The Morgan fingerprint density at radius 1 is 1.36 bits per heavy atom. The maximum atomic E-state index is 13.1. The van der Waals surface area contributed by atoms with E-state index in [1.165, 1.54) is 4.31 Å². The lowest BCUT2D eigenvalue weighted by atomic mass is 9.94. The van der Waals surface area contributed by atoms with Crippen LogP contribution in [-0.4, -0.2) is 37.8 Å². The summed E-state index contributed by atoms with van der Waals surface area (Å²) in [6, 6.07) is 5.11. The van der Waals surface area contributed by atoms with E-state index in [4.69, 9.17) is 0 Å². The molecule has 0 saturated carbocycles. The molecule has 1 saturated heterocycles. The van der Waals surface area contributed by atoms with Crippen molar-refractivity contribution in [2.24, 2.45) is 5.92 Å². The fraction of sp³-hybridized carbons (Fsp3) is 0.611. The lowest BCUT2D eigenvalue weighted by Gasteiger charge is -2.36. The highest BCUT2D eigenvalue weighted by Gasteiger charge is 2.38. The maximum absolute atomic E-state index is 13.1. The standard InChI is InChI=1S/C18H27BrN2O3S/c1-4-5-10-20-18(22)15-8-7-14(3)21(12-15)25(23,24)17-9-6-13(2)11-16(17)19/h6,9,11,14-15H,4-5,7-8,10,12H2,1-3H3,(H,20,22). The number of benzene rings is 1. The zero-order valence-corrected chi connectivity index (χ0v) is 17.5. The van der Waals surface area contributed by atoms with Gasteiger partial charge >= 0.3 is 0 Å². The summed E-state index contributed by atoms with van der Waals surface area (Å²) in [5, 5.41) is 2.93. The van der Waals surface area contributed by atoms with Crippen LogP contribution in [0.4, 0.5) is 0 Å². The van der Waals surface area contributed by atoms with E-state index in [-0.39, 0.29) is 29.3 Å². The van der Waals surface area contributed by atoms with Gasteiger partial charge in [-0.2, -0.15) is 4.31 Å². The quantitative estimate of drug-likeness (QED) is 0.702. The Kier molecular flexibility index (Phi) is 7.05. The first-order valence-electron chi connectivity index (χ1n) is 8.83. The minimum Gasteiger partial charge on any atom is -0.356 e. The molecule has 2 rings (SSSR count). The molecule has 1 aromatic rings. The first kappa shape index (κ1) is 20.4. The van der Waals surface area contributed by atoms with Gasteiger partial charge in [0.15, 0.2) is 0 Å². The molecule has 0 spiro atoms. The minimum absolute atomic E-state index is 0.0384. The SMILES string of the molecule is CCCCNC(=O)C1CCC(C)N(S(=O)(=O)c2ccc(C)cc2Br)C1. The maximum Gasteiger partial charge on any atom is 0.244 e. The number of carbonyl (C=O) groups excluding carboxylic acids is 1. The zero-order valence-electron chi connectivity index (χ0n) is 15.1. The molecule has 0 bridgehead atoms. The third-order valence-corrected chi connectivity index (χ3v) is 7.66. The summed E-state index contributed by atoms with van der Waals surface area (Å²) in [6.45, 7) is 6.79. The highest BCUT2D eigenvalue weighted by molar-refractivity contribution is 9.10. The third kappa shape index (κ3) is 4.83. The summed E-state index contributed by atoms with van der Waals surface area (Å²) in [6.07, 6.45) is 3.37. The molecule has 140 valence electrons. The van der Waals surface area contributed by atoms with Crippen LogP contribution in [0, 0.1) is 12.8 Å². The van der Waals surface area contributed by atoms with Crippen LogP contribution in [-0.2, 0) is 14.8 Å². The van der Waals surface area contributed by atoms with Crippen molar-refractivity contribution >= 4 is 31.9 Å². The van der Waals surface area contributed by atoms with Crippen molar-refractivity contribution in [1.82, 2.24) is 9.62 Å². The summed E-state index contributed by atoms with van der Waals surface area (Å²) >= 11 is 3.37. The normalized spacial score (nSPS) is 21.9. The number of nitrogens with zero attached hydrogens (tertiary/aromatic N) is 1. The van der Waals surface area contributed by atoms with Crippen molar-refractivity contribution in [2.75, 3.05) is 13.1 Å². The molecule has 1 amide bonds. The molecular formula is C18H27BrN2O3S. The molecule has 1 heterocycles. The van der Waals surface area contributed by atoms with E-state index in [2.05, 4.69) is 28.2 Å². The second-order valence-electron chi connectivity index (χ2n) is 6.78. The van der Waals surface area contributed by atoms with E-state index in [1.807, 2.05) is 13.8 Å². The van der Waals surface area contributed by atoms with Crippen LogP contribution in [0.1, 0.15) is 45.1 Å². The molecule has 1 aliphatic heterocycles. The molecule has 2 unspecified atom stereocenters. The molecule has 7 heteroatoms. The Morgan fingerprint density at radius 3 is 2.72 bits per heavy atom. The molecule has 1 fully saturated rings. The number of sulfonamides is 1. The Bertz CT molecular complexity index is 721. The lowest BCUT2D eigenvalue weighted by Crippen LogP contribution is -2.49. The number of rotatable bonds is 6. The first-order chi connectivity index (χ1) is 11.8. The number of aryl methyl sites for hydroxylation is 1. The fourth-order valence-corrected chi connectivity index (χ4v) is 5.96. The summed E-state index contributed by atoms with van der Waals surface area (Å²) in [5.74, 6) is -0.324. The molecule has 0 radical (unpaired) electrons. The van der Waals surface area contributed by atoms with Gasteiger partial charge in [-0.25, -0.2) is 8.42 Å². The summed E-state index contributed by atoms with van der Waals surface area (Å²) in [7, 11) is -3.64. The highest BCUT2D eigenvalue weighted by atomic mass is 79.9. The lowest BCUT2D eigenvalue weighted by molar-refractivity contribution is -0.126. The number of hydrogen-bond donors (Lipinski definition) is 1. The van der Waals surface area contributed by atoms with Crippen LogP contribution in [0.5, 0.6) is 0 Å². The van der Waals surface area contributed by atoms with Crippen LogP contribution in [0.15, 0.2) is 27.6 Å². The van der Waals surface area contributed by atoms with E-state index in [0.717, 1.165) is 24.8 Å². The molecule has 0 aliphatic carbocycles. The Labute approximate surface area is 159 Å². The number of carbonyl (C=O) groups is 1. The predicted octanol–water partition coefficient (Wildman–Crippen LogP) is 3.46. The van der Waals surface area contributed by atoms with Gasteiger partial charge in [-0.3, -0.25) is 4.79 Å². The second-order valence-corrected chi connectivity index (χ2v) is 9.49. The van der Waals surface area contributed by atoms with Crippen molar-refractivity contribution in [3.63, 3.8) is 0 Å². The first-order valence-corrected chi connectivity index (χ1v) is 11.1. The van der Waals surface area contributed by atoms with Gasteiger partial charge in [-0.05, 0) is 66.7 Å². The average Bonchev–Trinajstić information content (AvgIpc) is 2.54. The molecule has 25 heavy (non-hydrogen) atoms. The number of piperidine rings is 1. The molecular weight excluding hydrogens is 404 g/mol. The van der Waals surface area contributed by atoms with Crippen molar-refractivity contribution in [1.29, 1.82) is 0 Å². The highest BCUT2D eigenvalue weighted by Crippen LogP contribution is 2.32. The van der Waals surface area contributed by atoms with Crippen molar-refractivity contribution in [2.45, 2.75) is 57.4 Å². The van der Waals surface area contributed by atoms with Gasteiger partial charge in [0.05, 0.1) is 10.8 Å². The number of nitrogens with one attached hydrogen (secondary N) is 1. The second kappa shape index (κ2) is 8.64. The monoisotopic (exact) mass is 430 g/mol. The van der Waals surface area contributed by atoms with Gasteiger partial charge in [0, 0.05) is 23.6 Å². The largest absolute Gasteiger partial charge is 0.356 e. The molecule has 1 aromatic carbocycles. The van der Waals surface area contributed by atoms with E-state index >= 15 is 0 Å². The predicted molar refractivity (Wildman–Crippen MR) is 103 cm³/mol. The Hall–Kier alpha value is -0.920. The topological polar surface area (TPSA) is 66.5 Å². The van der Waals surface area contributed by atoms with Gasteiger partial charge < -0.3 is 5.32 Å². The van der Waals surface area contributed by atoms with E-state index < -0.39 is 10.0 Å². The van der Waals surface area contributed by atoms with Crippen molar-refractivity contribution < 1.29 is 13.2 Å². The fourth-order valence-electron chi connectivity index (χ4n) is 3.10. The molecule has 1 aliphatic rings. The van der Waals surface area contributed by atoms with Crippen LogP contribution < -0.4 is 5.32 Å². The van der Waals surface area contributed by atoms with Gasteiger partial charge in [0.1, 0.15) is 0 Å². The molecule has 5 nitrogen and oxygen atoms in total. The number of halogens is 1. The van der Waals surface area contributed by atoms with Gasteiger partial charge in [-0.1, -0.05) is 19.4 Å². The van der Waals surface area contributed by atoms with Crippen LogP contribution >= 0.6 is 15.9 Å². The van der Waals surface area contributed by atoms with E-state index in [1.54, 1.807) is 18.2 Å². The zero-order chi connectivity index (χ0) is 18.6. The molecule has 0 aromatic heterocycles. The van der Waals surface area contributed by atoms with Crippen molar-refractivity contribution in [3.8, 4) is 0 Å². The van der Waals surface area contributed by atoms with Crippen LogP contribution in [0.25, 0.3) is 0 Å². The smallest absolute Gasteiger partial charge is 0.244 e. The van der Waals surface area contributed by atoms with Crippen LogP contribution in [0.3, 0.4) is 0 Å². The molecule has 1 N–H and O–H groups in total. The van der Waals surface area contributed by atoms with Crippen molar-refractivity contribution in [3.05, 3.63) is 28.2 Å². The summed E-state index contributed by atoms with van der Waals surface area (Å²) < 4.78 is 28.3.